The zero-order chi connectivity index (χ0) is 9.80. The van der Waals surface area contributed by atoms with Crippen LogP contribution in [0.15, 0.2) is 12.4 Å². The summed E-state index contributed by atoms with van der Waals surface area (Å²) in [7, 11) is 0. The Hall–Kier alpha value is -0.830. The first-order chi connectivity index (χ1) is 6.92. The van der Waals surface area contributed by atoms with Crippen LogP contribution in [0.1, 0.15) is 44.0 Å². The molecule has 14 heavy (non-hydrogen) atoms. The third kappa shape index (κ3) is 1.98. The predicted octanol–water partition coefficient (Wildman–Crippen LogP) is 1.89. The number of hydrogen-bond acceptors (Lipinski definition) is 2. The van der Waals surface area contributed by atoms with Crippen molar-refractivity contribution in [1.29, 1.82) is 0 Å². The molecule has 78 valence electrons. The Morgan fingerprint density at radius 2 is 2.21 bits per heavy atom. The molecule has 0 unspecified atom stereocenters. The average molecular weight is 193 g/mol. The van der Waals surface area contributed by atoms with E-state index in [1.54, 1.807) is 0 Å². The van der Waals surface area contributed by atoms with Crippen molar-refractivity contribution in [1.82, 2.24) is 9.55 Å². The van der Waals surface area contributed by atoms with Gasteiger partial charge in [0.15, 0.2) is 0 Å². The highest BCUT2D eigenvalue weighted by Crippen LogP contribution is 2.30. The first-order valence-electron chi connectivity index (χ1n) is 5.63. The monoisotopic (exact) mass is 193 g/mol. The molecule has 0 amide bonds. The molecule has 0 aliphatic heterocycles. The summed E-state index contributed by atoms with van der Waals surface area (Å²) in [5, 5.41) is 0. The van der Waals surface area contributed by atoms with Crippen molar-refractivity contribution in [2.24, 2.45) is 5.73 Å². The summed E-state index contributed by atoms with van der Waals surface area (Å²) in [6.07, 6.45) is 11.5. The molecule has 0 saturated heterocycles. The minimum atomic E-state index is 0.713. The fraction of sp³-hybridized carbons (Fsp3) is 0.727. The van der Waals surface area contributed by atoms with Gasteiger partial charge in [0.05, 0.1) is 0 Å². The zero-order valence-electron chi connectivity index (χ0n) is 8.65. The van der Waals surface area contributed by atoms with Gasteiger partial charge in [-0.1, -0.05) is 12.8 Å². The van der Waals surface area contributed by atoms with Crippen LogP contribution in [0.4, 0.5) is 0 Å². The maximum Gasteiger partial charge on any atom is 0.108 e. The Labute approximate surface area is 85.3 Å². The highest BCUT2D eigenvalue weighted by Gasteiger charge is 2.18. The molecule has 3 nitrogen and oxygen atoms in total. The summed E-state index contributed by atoms with van der Waals surface area (Å²) in [6.45, 7) is 0.761. The van der Waals surface area contributed by atoms with Gasteiger partial charge in [0, 0.05) is 24.9 Å². The summed E-state index contributed by atoms with van der Waals surface area (Å²) in [5.41, 5.74) is 5.51. The van der Waals surface area contributed by atoms with E-state index in [0.717, 1.165) is 19.4 Å². The largest absolute Gasteiger partial charge is 0.332 e. The van der Waals surface area contributed by atoms with Crippen molar-refractivity contribution in [3.8, 4) is 0 Å². The number of aromatic nitrogens is 2. The fourth-order valence-electron chi connectivity index (χ4n) is 2.31. The minimum Gasteiger partial charge on any atom is -0.332 e. The van der Waals surface area contributed by atoms with Gasteiger partial charge in [-0.3, -0.25) is 0 Å². The number of nitrogens with zero attached hydrogens (tertiary/aromatic N) is 2. The van der Waals surface area contributed by atoms with Crippen LogP contribution in [0.25, 0.3) is 0 Å². The van der Waals surface area contributed by atoms with Gasteiger partial charge in [-0.25, -0.2) is 4.98 Å². The van der Waals surface area contributed by atoms with Crippen LogP contribution in [-0.4, -0.2) is 16.1 Å². The van der Waals surface area contributed by atoms with Gasteiger partial charge in [-0.05, 0) is 25.8 Å². The molecule has 2 N–H and O–H groups in total. The molecule has 0 atom stereocenters. The molecule has 0 radical (unpaired) electrons. The van der Waals surface area contributed by atoms with Crippen LogP contribution in [0.5, 0.6) is 0 Å². The Bertz CT molecular complexity index is 274. The number of nitrogens with two attached hydrogens (primary N) is 1. The van der Waals surface area contributed by atoms with E-state index in [1.165, 1.54) is 31.5 Å². The van der Waals surface area contributed by atoms with Crippen LogP contribution >= 0.6 is 0 Å². The summed E-state index contributed by atoms with van der Waals surface area (Å²) in [4.78, 5) is 4.41. The van der Waals surface area contributed by atoms with E-state index in [4.69, 9.17) is 5.73 Å². The molecule has 1 aromatic heterocycles. The minimum absolute atomic E-state index is 0.713. The van der Waals surface area contributed by atoms with Crippen molar-refractivity contribution >= 4 is 0 Å². The van der Waals surface area contributed by atoms with Crippen LogP contribution < -0.4 is 5.73 Å². The smallest absolute Gasteiger partial charge is 0.108 e. The van der Waals surface area contributed by atoms with E-state index in [0.29, 0.717) is 6.04 Å². The third-order valence-corrected chi connectivity index (χ3v) is 3.07. The predicted molar refractivity (Wildman–Crippen MR) is 57.1 cm³/mol. The third-order valence-electron chi connectivity index (χ3n) is 3.07. The SMILES string of the molecule is NCCCc1nccn1C1CCCC1. The second-order valence-electron chi connectivity index (χ2n) is 4.08. The van der Waals surface area contributed by atoms with Crippen molar-refractivity contribution in [2.75, 3.05) is 6.54 Å². The average Bonchev–Trinajstić information content (AvgIpc) is 2.84. The van der Waals surface area contributed by atoms with E-state index in [1.807, 2.05) is 6.20 Å². The second-order valence-corrected chi connectivity index (χ2v) is 4.08. The zero-order valence-corrected chi connectivity index (χ0v) is 8.65. The van der Waals surface area contributed by atoms with Crippen molar-refractivity contribution < 1.29 is 0 Å². The lowest BCUT2D eigenvalue weighted by Crippen LogP contribution is -2.10. The molecule has 2 rings (SSSR count). The highest BCUT2D eigenvalue weighted by atomic mass is 15.1. The van der Waals surface area contributed by atoms with Gasteiger partial charge in [-0.15, -0.1) is 0 Å². The van der Waals surface area contributed by atoms with E-state index >= 15 is 0 Å². The van der Waals surface area contributed by atoms with Crippen LogP contribution in [0, 0.1) is 0 Å². The van der Waals surface area contributed by atoms with Gasteiger partial charge in [-0.2, -0.15) is 0 Å². The lowest BCUT2D eigenvalue weighted by atomic mass is 10.2. The topological polar surface area (TPSA) is 43.8 Å². The van der Waals surface area contributed by atoms with E-state index in [2.05, 4.69) is 15.7 Å². The van der Waals surface area contributed by atoms with Gasteiger partial charge < -0.3 is 10.3 Å². The standard InChI is InChI=1S/C11H19N3/c12-7-3-6-11-13-8-9-14(11)10-4-1-2-5-10/h8-10H,1-7,12H2. The van der Waals surface area contributed by atoms with Gasteiger partial charge in [0.2, 0.25) is 0 Å². The normalized spacial score (nSPS) is 17.8. The molecule has 3 heteroatoms. The molecule has 1 fully saturated rings. The Morgan fingerprint density at radius 1 is 1.43 bits per heavy atom. The molecule has 0 spiro atoms. The van der Waals surface area contributed by atoms with Gasteiger partial charge in [0.1, 0.15) is 5.82 Å². The fourth-order valence-corrected chi connectivity index (χ4v) is 2.31. The van der Waals surface area contributed by atoms with Crippen molar-refractivity contribution in [3.05, 3.63) is 18.2 Å². The quantitative estimate of drug-likeness (QED) is 0.793. The summed E-state index contributed by atoms with van der Waals surface area (Å²) in [5.74, 6) is 1.22. The first-order valence-corrected chi connectivity index (χ1v) is 5.63. The second kappa shape index (κ2) is 4.60. The Kier molecular flexibility index (Phi) is 3.19. The summed E-state index contributed by atoms with van der Waals surface area (Å²) >= 11 is 0. The summed E-state index contributed by atoms with van der Waals surface area (Å²) in [6, 6.07) is 0.713. The van der Waals surface area contributed by atoms with Gasteiger partial charge in [0.25, 0.3) is 0 Å². The molecule has 1 saturated carbocycles. The number of hydrogen-bond donors (Lipinski definition) is 1. The number of aryl methyl sites for hydroxylation is 1. The lowest BCUT2D eigenvalue weighted by molar-refractivity contribution is 0.494. The van der Waals surface area contributed by atoms with Crippen LogP contribution in [0.2, 0.25) is 0 Å². The molecule has 1 heterocycles. The van der Waals surface area contributed by atoms with Crippen LogP contribution in [0.3, 0.4) is 0 Å². The van der Waals surface area contributed by atoms with Crippen molar-refractivity contribution in [2.45, 2.75) is 44.6 Å². The molecular formula is C11H19N3. The van der Waals surface area contributed by atoms with Crippen molar-refractivity contribution in [3.63, 3.8) is 0 Å². The molecular weight excluding hydrogens is 174 g/mol. The van der Waals surface area contributed by atoms with Crippen LogP contribution in [-0.2, 0) is 6.42 Å². The lowest BCUT2D eigenvalue weighted by Gasteiger charge is -2.14. The Balaban J connectivity index is 2.04. The van der Waals surface area contributed by atoms with E-state index in [-0.39, 0.29) is 0 Å². The molecule has 1 aromatic rings. The Morgan fingerprint density at radius 3 is 2.93 bits per heavy atom. The highest BCUT2D eigenvalue weighted by molar-refractivity contribution is 4.96. The maximum atomic E-state index is 5.51. The van der Waals surface area contributed by atoms with Gasteiger partial charge >= 0.3 is 0 Å². The molecule has 1 aliphatic carbocycles. The number of imidazole rings is 1. The molecule has 1 aliphatic rings. The summed E-state index contributed by atoms with van der Waals surface area (Å²) < 4.78 is 2.36. The van der Waals surface area contributed by atoms with E-state index < -0.39 is 0 Å². The first kappa shape index (κ1) is 9.71. The van der Waals surface area contributed by atoms with E-state index in [9.17, 15) is 0 Å². The maximum absolute atomic E-state index is 5.51. The molecule has 0 aromatic carbocycles. The molecule has 0 bridgehead atoms. The number of rotatable bonds is 4.